The molecular weight excluding hydrogens is 268 g/mol. The standard InChI is InChI=1S/C15H20N4O2/c1-15(2,3)16-8-13-18-19-14(21-13)17-11-9-20-12-7-5-4-6-10(11)12/h4-7,11,16H,8-9H2,1-3H3,(H,17,19). The Bertz CT molecular complexity index is 618. The van der Waals surface area contributed by atoms with Crippen LogP contribution in [0.1, 0.15) is 38.3 Å². The SMILES string of the molecule is CC(C)(C)NCc1nnc(NC2COc3ccccc32)o1. The van der Waals surface area contributed by atoms with Crippen LogP contribution < -0.4 is 15.4 Å². The van der Waals surface area contributed by atoms with E-state index in [0.29, 0.717) is 25.1 Å². The number of anilines is 1. The predicted molar refractivity (Wildman–Crippen MR) is 79.2 cm³/mol. The van der Waals surface area contributed by atoms with Crippen molar-refractivity contribution < 1.29 is 9.15 Å². The van der Waals surface area contributed by atoms with E-state index in [1.54, 1.807) is 0 Å². The molecule has 6 heteroatoms. The van der Waals surface area contributed by atoms with Gasteiger partial charge in [-0.3, -0.25) is 0 Å². The number of para-hydroxylation sites is 1. The normalized spacial score (nSPS) is 17.4. The number of nitrogens with one attached hydrogen (secondary N) is 2. The van der Waals surface area contributed by atoms with Crippen molar-refractivity contribution in [1.82, 2.24) is 15.5 Å². The van der Waals surface area contributed by atoms with Gasteiger partial charge in [0.1, 0.15) is 12.4 Å². The molecule has 0 fully saturated rings. The summed E-state index contributed by atoms with van der Waals surface area (Å²) in [6.07, 6.45) is 0. The van der Waals surface area contributed by atoms with Crippen molar-refractivity contribution in [2.75, 3.05) is 11.9 Å². The van der Waals surface area contributed by atoms with Gasteiger partial charge in [0, 0.05) is 11.1 Å². The Balaban J connectivity index is 1.63. The van der Waals surface area contributed by atoms with Crippen LogP contribution in [0.4, 0.5) is 6.01 Å². The van der Waals surface area contributed by atoms with Crippen LogP contribution in [0.5, 0.6) is 5.75 Å². The number of ether oxygens (including phenoxy) is 1. The van der Waals surface area contributed by atoms with Gasteiger partial charge in [-0.15, -0.1) is 5.10 Å². The topological polar surface area (TPSA) is 72.2 Å². The third kappa shape index (κ3) is 3.33. The van der Waals surface area contributed by atoms with Gasteiger partial charge in [0.05, 0.1) is 12.6 Å². The molecule has 0 saturated carbocycles. The molecule has 0 spiro atoms. The lowest BCUT2D eigenvalue weighted by molar-refractivity contribution is 0.336. The van der Waals surface area contributed by atoms with Crippen LogP contribution in [0.25, 0.3) is 0 Å². The third-order valence-corrected chi connectivity index (χ3v) is 3.23. The van der Waals surface area contributed by atoms with Gasteiger partial charge >= 0.3 is 6.01 Å². The zero-order valence-electron chi connectivity index (χ0n) is 12.5. The maximum Gasteiger partial charge on any atom is 0.316 e. The van der Waals surface area contributed by atoms with Crippen LogP contribution in [0, 0.1) is 0 Å². The van der Waals surface area contributed by atoms with E-state index < -0.39 is 0 Å². The summed E-state index contributed by atoms with van der Waals surface area (Å²) < 4.78 is 11.2. The first kappa shape index (κ1) is 13.9. The number of hydrogen-bond donors (Lipinski definition) is 2. The maximum atomic E-state index is 5.62. The first-order valence-electron chi connectivity index (χ1n) is 7.07. The van der Waals surface area contributed by atoms with Crippen molar-refractivity contribution in [3.05, 3.63) is 35.7 Å². The molecule has 21 heavy (non-hydrogen) atoms. The zero-order chi connectivity index (χ0) is 14.9. The van der Waals surface area contributed by atoms with E-state index >= 15 is 0 Å². The summed E-state index contributed by atoms with van der Waals surface area (Å²) in [5.41, 5.74) is 1.13. The number of rotatable bonds is 4. The van der Waals surface area contributed by atoms with Gasteiger partial charge in [-0.1, -0.05) is 23.3 Å². The average Bonchev–Trinajstić information content (AvgIpc) is 3.04. The molecule has 1 aliphatic rings. The third-order valence-electron chi connectivity index (χ3n) is 3.23. The van der Waals surface area contributed by atoms with E-state index in [-0.39, 0.29) is 11.6 Å². The average molecular weight is 288 g/mol. The van der Waals surface area contributed by atoms with Crippen LogP contribution in [0.2, 0.25) is 0 Å². The highest BCUT2D eigenvalue weighted by molar-refractivity contribution is 5.43. The van der Waals surface area contributed by atoms with E-state index in [1.165, 1.54) is 0 Å². The Hall–Kier alpha value is -2.08. The molecule has 0 bridgehead atoms. The molecule has 0 aliphatic carbocycles. The highest BCUT2D eigenvalue weighted by atomic mass is 16.5. The Labute approximate surface area is 123 Å². The molecule has 2 heterocycles. The lowest BCUT2D eigenvalue weighted by Crippen LogP contribution is -2.35. The molecule has 0 saturated heterocycles. The summed E-state index contributed by atoms with van der Waals surface area (Å²) in [5.74, 6) is 1.48. The fourth-order valence-electron chi connectivity index (χ4n) is 2.16. The molecule has 1 aromatic heterocycles. The Morgan fingerprint density at radius 3 is 2.86 bits per heavy atom. The second-order valence-corrected chi connectivity index (χ2v) is 6.15. The number of benzene rings is 1. The lowest BCUT2D eigenvalue weighted by atomic mass is 10.1. The van der Waals surface area contributed by atoms with E-state index in [1.807, 2.05) is 24.3 Å². The molecule has 1 atom stereocenters. The van der Waals surface area contributed by atoms with E-state index in [0.717, 1.165) is 11.3 Å². The van der Waals surface area contributed by atoms with Crippen LogP contribution in [-0.2, 0) is 6.54 Å². The number of hydrogen-bond acceptors (Lipinski definition) is 6. The van der Waals surface area contributed by atoms with Crippen molar-refractivity contribution in [3.63, 3.8) is 0 Å². The monoisotopic (exact) mass is 288 g/mol. The molecular formula is C15H20N4O2. The minimum atomic E-state index is 0.0142. The summed E-state index contributed by atoms with van der Waals surface area (Å²) in [4.78, 5) is 0. The summed E-state index contributed by atoms with van der Waals surface area (Å²) in [6, 6.07) is 8.43. The van der Waals surface area contributed by atoms with Gasteiger partial charge in [0.25, 0.3) is 0 Å². The fourth-order valence-corrected chi connectivity index (χ4v) is 2.16. The second kappa shape index (κ2) is 5.37. The molecule has 1 aromatic carbocycles. The summed E-state index contributed by atoms with van der Waals surface area (Å²) >= 11 is 0. The van der Waals surface area contributed by atoms with Crippen molar-refractivity contribution in [2.45, 2.75) is 38.9 Å². The predicted octanol–water partition coefficient (Wildman–Crippen LogP) is 2.50. The highest BCUT2D eigenvalue weighted by Gasteiger charge is 2.25. The Morgan fingerprint density at radius 1 is 1.24 bits per heavy atom. The fraction of sp³-hybridized carbons (Fsp3) is 0.467. The summed E-state index contributed by atoms with van der Waals surface area (Å²) in [5, 5.41) is 14.6. The van der Waals surface area contributed by atoms with Crippen LogP contribution in [0.3, 0.4) is 0 Å². The highest BCUT2D eigenvalue weighted by Crippen LogP contribution is 2.33. The molecule has 6 nitrogen and oxygen atoms in total. The maximum absolute atomic E-state index is 5.62. The van der Waals surface area contributed by atoms with Crippen LogP contribution in [0.15, 0.2) is 28.7 Å². The van der Waals surface area contributed by atoms with Gasteiger partial charge in [-0.05, 0) is 26.8 Å². The number of nitrogens with zero attached hydrogens (tertiary/aromatic N) is 2. The van der Waals surface area contributed by atoms with E-state index in [9.17, 15) is 0 Å². The first-order valence-corrected chi connectivity index (χ1v) is 7.07. The van der Waals surface area contributed by atoms with Crippen molar-refractivity contribution in [1.29, 1.82) is 0 Å². The van der Waals surface area contributed by atoms with E-state index in [4.69, 9.17) is 9.15 Å². The summed E-state index contributed by atoms with van der Waals surface area (Å²) in [6.45, 7) is 7.40. The Kier molecular flexibility index (Phi) is 3.55. The van der Waals surface area contributed by atoms with Gasteiger partial charge < -0.3 is 19.8 Å². The zero-order valence-corrected chi connectivity index (χ0v) is 12.5. The van der Waals surface area contributed by atoms with Gasteiger partial charge in [-0.2, -0.15) is 0 Å². The minimum absolute atomic E-state index is 0.0142. The lowest BCUT2D eigenvalue weighted by Gasteiger charge is -2.18. The quantitative estimate of drug-likeness (QED) is 0.900. The second-order valence-electron chi connectivity index (χ2n) is 6.15. The smallest absolute Gasteiger partial charge is 0.316 e. The minimum Gasteiger partial charge on any atom is -0.491 e. The number of aromatic nitrogens is 2. The van der Waals surface area contributed by atoms with Gasteiger partial charge in [-0.25, -0.2) is 0 Å². The molecule has 0 amide bonds. The molecule has 1 unspecified atom stereocenters. The Morgan fingerprint density at radius 2 is 2.05 bits per heavy atom. The molecule has 1 aliphatic heterocycles. The van der Waals surface area contributed by atoms with E-state index in [2.05, 4.69) is 41.6 Å². The summed E-state index contributed by atoms with van der Waals surface area (Å²) in [7, 11) is 0. The largest absolute Gasteiger partial charge is 0.491 e. The van der Waals surface area contributed by atoms with Crippen LogP contribution in [-0.4, -0.2) is 22.3 Å². The number of fused-ring (bicyclic) bond motifs is 1. The van der Waals surface area contributed by atoms with Gasteiger partial charge in [0.15, 0.2) is 0 Å². The molecule has 112 valence electrons. The molecule has 2 aromatic rings. The van der Waals surface area contributed by atoms with Crippen molar-refractivity contribution in [3.8, 4) is 5.75 Å². The first-order chi connectivity index (χ1) is 10.0. The molecule has 0 radical (unpaired) electrons. The van der Waals surface area contributed by atoms with Crippen molar-refractivity contribution >= 4 is 6.01 Å². The molecule has 3 rings (SSSR count). The van der Waals surface area contributed by atoms with Crippen molar-refractivity contribution in [2.24, 2.45) is 0 Å². The molecule has 2 N–H and O–H groups in total. The van der Waals surface area contributed by atoms with Gasteiger partial charge in [0.2, 0.25) is 5.89 Å². The van der Waals surface area contributed by atoms with Crippen LogP contribution >= 0.6 is 0 Å².